The van der Waals surface area contributed by atoms with Crippen molar-refractivity contribution >= 4 is 17.9 Å². The fourth-order valence-electron chi connectivity index (χ4n) is 2.05. The molecular weight excluding hydrogens is 436 g/mol. The highest BCUT2D eigenvalue weighted by molar-refractivity contribution is 5.74. The molecule has 188 valence electrons. The summed E-state index contributed by atoms with van der Waals surface area (Å²) in [5.74, 6) is -2.99. The van der Waals surface area contributed by atoms with E-state index in [0.29, 0.717) is 0 Å². The summed E-state index contributed by atoms with van der Waals surface area (Å²) in [5, 5.41) is 56.9. The average Bonchev–Trinajstić information content (AvgIpc) is 2.76. The summed E-state index contributed by atoms with van der Waals surface area (Å²) in [7, 11) is 0. The molecule has 0 spiro atoms. The molecule has 0 aromatic carbocycles. The zero-order chi connectivity index (χ0) is 24.9. The third kappa shape index (κ3) is 10.2. The molecule has 13 nitrogen and oxygen atoms in total. The largest absolute Gasteiger partial charge is 0.463 e. The van der Waals surface area contributed by atoms with Crippen LogP contribution in [0.3, 0.4) is 0 Å². The summed E-state index contributed by atoms with van der Waals surface area (Å²) in [6.07, 6.45) is -4.32. The minimum absolute atomic E-state index is 0.399. The Morgan fingerprint density at radius 2 is 0.875 bits per heavy atom. The van der Waals surface area contributed by atoms with E-state index in [1.807, 2.05) is 0 Å². The van der Waals surface area contributed by atoms with E-state index in [0.717, 1.165) is 13.8 Å². The molecule has 0 aliphatic carbocycles. The minimum atomic E-state index is -1.51. The number of aliphatic hydroxyl groups excluding tert-OH is 6. The molecule has 0 amide bonds. The maximum Gasteiger partial charge on any atom is 0.334 e. The summed E-state index contributed by atoms with van der Waals surface area (Å²) in [6, 6.07) is 0. The summed E-state index contributed by atoms with van der Waals surface area (Å²) in [4.78, 5) is 34.7. The van der Waals surface area contributed by atoms with Crippen LogP contribution in [0.25, 0.3) is 0 Å². The second-order valence-corrected chi connectivity index (χ2v) is 7.82. The Morgan fingerprint density at radius 1 is 0.594 bits per heavy atom. The van der Waals surface area contributed by atoms with Crippen LogP contribution >= 0.6 is 0 Å². The predicted molar refractivity (Wildman–Crippen MR) is 105 cm³/mol. The first kappa shape index (κ1) is 30.1. The van der Waals surface area contributed by atoms with Crippen molar-refractivity contribution in [3.63, 3.8) is 0 Å². The van der Waals surface area contributed by atoms with Crippen molar-refractivity contribution in [1.82, 2.24) is 0 Å². The number of carbonyl (C=O) groups is 3. The predicted octanol–water partition coefficient (Wildman–Crippen LogP) is -3.28. The van der Waals surface area contributed by atoms with Crippen molar-refractivity contribution in [3.8, 4) is 0 Å². The van der Waals surface area contributed by atoms with Crippen molar-refractivity contribution < 1.29 is 64.0 Å². The average molecular weight is 470 g/mol. The van der Waals surface area contributed by atoms with Gasteiger partial charge in [-0.05, 0) is 20.8 Å². The van der Waals surface area contributed by atoms with Crippen LogP contribution in [-0.4, -0.2) is 120 Å². The summed E-state index contributed by atoms with van der Waals surface area (Å²) >= 11 is 0. The summed E-state index contributed by atoms with van der Waals surface area (Å²) in [5.41, 5.74) is -2.97. The van der Waals surface area contributed by atoms with Crippen LogP contribution in [0.1, 0.15) is 20.8 Å². The minimum Gasteiger partial charge on any atom is -0.463 e. The van der Waals surface area contributed by atoms with Crippen molar-refractivity contribution in [1.29, 1.82) is 0 Å². The zero-order valence-electron chi connectivity index (χ0n) is 18.4. The molecule has 0 aliphatic heterocycles. The number of ether oxygens (including phenoxy) is 4. The maximum absolute atomic E-state index is 11.6. The van der Waals surface area contributed by atoms with E-state index in [1.54, 1.807) is 0 Å². The maximum atomic E-state index is 11.6. The number of aliphatic hydroxyl groups is 6. The molecule has 3 unspecified atom stereocenters. The second kappa shape index (κ2) is 14.3. The lowest BCUT2D eigenvalue weighted by Crippen LogP contribution is -2.46. The summed E-state index contributed by atoms with van der Waals surface area (Å²) in [6.45, 7) is -0.940. The molecular formula is C19H34O13. The Kier molecular flexibility index (Phi) is 13.5. The third-order valence-corrected chi connectivity index (χ3v) is 4.41. The highest BCUT2D eigenvalue weighted by Gasteiger charge is 2.38. The smallest absolute Gasteiger partial charge is 0.334 e. The molecule has 13 heteroatoms. The van der Waals surface area contributed by atoms with Crippen LogP contribution in [0.5, 0.6) is 0 Å². The van der Waals surface area contributed by atoms with Gasteiger partial charge < -0.3 is 49.6 Å². The van der Waals surface area contributed by atoms with Gasteiger partial charge in [-0.15, -0.1) is 0 Å². The van der Waals surface area contributed by atoms with Gasteiger partial charge >= 0.3 is 17.9 Å². The van der Waals surface area contributed by atoms with Gasteiger partial charge in [0, 0.05) is 0 Å². The van der Waals surface area contributed by atoms with Crippen molar-refractivity contribution in [3.05, 3.63) is 0 Å². The first-order valence-corrected chi connectivity index (χ1v) is 9.82. The van der Waals surface area contributed by atoms with Gasteiger partial charge in [0.1, 0.15) is 38.1 Å². The lowest BCUT2D eigenvalue weighted by Gasteiger charge is -2.34. The fraction of sp³-hybridized carbons (Fsp3) is 0.842. The number of hydrogen-bond donors (Lipinski definition) is 6. The third-order valence-electron chi connectivity index (χ3n) is 4.41. The summed E-state index contributed by atoms with van der Waals surface area (Å²) < 4.78 is 20.1. The molecule has 0 aromatic rings. The van der Waals surface area contributed by atoms with Gasteiger partial charge in [0.05, 0.1) is 43.9 Å². The Morgan fingerprint density at radius 3 is 1.16 bits per heavy atom. The Hall–Kier alpha value is -1.87. The Bertz CT molecular complexity index is 560. The van der Waals surface area contributed by atoms with E-state index in [-0.39, 0.29) is 0 Å². The lowest BCUT2D eigenvalue weighted by molar-refractivity contribution is -0.173. The number of esters is 3. The van der Waals surface area contributed by atoms with E-state index in [4.69, 9.17) is 18.9 Å². The van der Waals surface area contributed by atoms with E-state index in [2.05, 4.69) is 0 Å². The molecule has 0 saturated heterocycles. The van der Waals surface area contributed by atoms with Gasteiger partial charge in [-0.1, -0.05) is 0 Å². The van der Waals surface area contributed by atoms with Crippen LogP contribution in [0.15, 0.2) is 0 Å². The zero-order valence-corrected chi connectivity index (χ0v) is 18.4. The van der Waals surface area contributed by atoms with Gasteiger partial charge in [0.25, 0.3) is 0 Å². The quantitative estimate of drug-likeness (QED) is 0.0967. The Balaban J connectivity index is 5.29. The SMILES string of the molecule is CC(O)C(=O)OCC(CO)(CO)COCC(CO)(COC(=O)C(C)O)COC(=O)C(C)O. The molecule has 0 heterocycles. The monoisotopic (exact) mass is 470 g/mol. The van der Waals surface area contributed by atoms with Crippen LogP contribution in [0.4, 0.5) is 0 Å². The molecule has 0 bridgehead atoms. The van der Waals surface area contributed by atoms with Crippen LogP contribution < -0.4 is 0 Å². The van der Waals surface area contributed by atoms with Crippen LogP contribution in [-0.2, 0) is 33.3 Å². The fourth-order valence-corrected chi connectivity index (χ4v) is 2.05. The van der Waals surface area contributed by atoms with E-state index in [1.165, 1.54) is 6.92 Å². The normalized spacial score (nSPS) is 16.4. The highest BCUT2D eigenvalue weighted by Crippen LogP contribution is 2.23. The molecule has 32 heavy (non-hydrogen) atoms. The molecule has 0 aromatic heterocycles. The van der Waals surface area contributed by atoms with Crippen molar-refractivity contribution in [2.45, 2.75) is 39.1 Å². The molecule has 0 saturated carbocycles. The standard InChI is InChI=1S/C19H34O13/c1-12(23)15(26)30-9-18(4-20,5-21)7-29-8-19(6-22,10-31-16(27)13(2)24)11-32-17(28)14(3)25/h12-14,20-25H,4-11H2,1-3H3. The van der Waals surface area contributed by atoms with Gasteiger partial charge in [-0.3, -0.25) is 0 Å². The van der Waals surface area contributed by atoms with Gasteiger partial charge in [-0.25, -0.2) is 14.4 Å². The van der Waals surface area contributed by atoms with Gasteiger partial charge in [-0.2, -0.15) is 0 Å². The first-order chi connectivity index (χ1) is 14.9. The number of rotatable bonds is 16. The number of carbonyl (C=O) groups excluding carboxylic acids is 3. The van der Waals surface area contributed by atoms with Gasteiger partial charge in [0.15, 0.2) is 0 Å². The van der Waals surface area contributed by atoms with Crippen molar-refractivity contribution in [2.24, 2.45) is 10.8 Å². The van der Waals surface area contributed by atoms with Crippen LogP contribution in [0, 0.1) is 10.8 Å². The lowest BCUT2D eigenvalue weighted by atomic mass is 9.90. The van der Waals surface area contributed by atoms with E-state index >= 15 is 0 Å². The highest BCUT2D eigenvalue weighted by atomic mass is 16.6. The van der Waals surface area contributed by atoms with Gasteiger partial charge in [0.2, 0.25) is 0 Å². The molecule has 0 rings (SSSR count). The van der Waals surface area contributed by atoms with Crippen molar-refractivity contribution in [2.75, 3.05) is 52.9 Å². The molecule has 0 fully saturated rings. The first-order valence-electron chi connectivity index (χ1n) is 9.82. The second-order valence-electron chi connectivity index (χ2n) is 7.82. The van der Waals surface area contributed by atoms with E-state index < -0.39 is 99.9 Å². The topological polar surface area (TPSA) is 210 Å². The number of hydrogen-bond acceptors (Lipinski definition) is 13. The molecule has 6 N–H and O–H groups in total. The van der Waals surface area contributed by atoms with E-state index in [9.17, 15) is 45.0 Å². The van der Waals surface area contributed by atoms with Crippen LogP contribution in [0.2, 0.25) is 0 Å². The molecule has 0 radical (unpaired) electrons. The Labute approximate surface area is 185 Å². The molecule has 0 aliphatic rings. The molecule has 3 atom stereocenters.